The molecule has 0 aliphatic rings. The van der Waals surface area contributed by atoms with Gasteiger partial charge in [0.2, 0.25) is 4.96 Å². The summed E-state index contributed by atoms with van der Waals surface area (Å²) in [6, 6.07) is 13.6. The number of hydrogen-bond donors (Lipinski definition) is 1. The lowest BCUT2D eigenvalue weighted by atomic mass is 10.1. The van der Waals surface area contributed by atoms with Gasteiger partial charge in [-0.15, -0.1) is 16.4 Å². The van der Waals surface area contributed by atoms with E-state index in [1.54, 1.807) is 0 Å². The van der Waals surface area contributed by atoms with Crippen molar-refractivity contribution in [3.63, 3.8) is 0 Å². The van der Waals surface area contributed by atoms with Crippen molar-refractivity contribution < 1.29 is 13.9 Å². The van der Waals surface area contributed by atoms with Crippen LogP contribution < -0.4 is 10.1 Å². The van der Waals surface area contributed by atoms with E-state index in [0.29, 0.717) is 24.5 Å². The first kappa shape index (κ1) is 19.1. The Labute approximate surface area is 171 Å². The van der Waals surface area contributed by atoms with Crippen molar-refractivity contribution in [2.24, 2.45) is 0 Å². The van der Waals surface area contributed by atoms with E-state index in [0.717, 1.165) is 21.8 Å². The molecule has 0 aliphatic carbocycles. The van der Waals surface area contributed by atoms with Crippen molar-refractivity contribution in [2.75, 3.05) is 13.2 Å². The van der Waals surface area contributed by atoms with E-state index in [1.807, 2.05) is 41.1 Å². The predicted octanol–water partition coefficient (Wildman–Crippen LogP) is 3.64. The summed E-state index contributed by atoms with van der Waals surface area (Å²) >= 11 is 1.52. The van der Waals surface area contributed by atoms with E-state index in [2.05, 4.69) is 15.4 Å². The molecule has 6 nitrogen and oxygen atoms in total. The summed E-state index contributed by atoms with van der Waals surface area (Å²) in [7, 11) is 0. The minimum Gasteiger partial charge on any atom is -0.484 e. The number of aromatic nitrogens is 3. The average molecular weight is 410 g/mol. The number of rotatable bonds is 7. The Balaban J connectivity index is 1.33. The fourth-order valence-corrected chi connectivity index (χ4v) is 3.75. The average Bonchev–Trinajstić information content (AvgIpc) is 3.29. The topological polar surface area (TPSA) is 68.5 Å². The maximum Gasteiger partial charge on any atom is 0.257 e. The number of fused-ring (bicyclic) bond motifs is 1. The Kier molecular flexibility index (Phi) is 5.53. The molecule has 0 spiro atoms. The molecule has 1 amide bonds. The number of aryl methyl sites for hydroxylation is 1. The van der Waals surface area contributed by atoms with Crippen LogP contribution in [0.4, 0.5) is 4.39 Å². The number of benzene rings is 2. The molecule has 2 aromatic heterocycles. The van der Waals surface area contributed by atoms with Crippen LogP contribution in [0.15, 0.2) is 53.9 Å². The normalized spacial score (nSPS) is 11.0. The zero-order valence-electron chi connectivity index (χ0n) is 15.8. The lowest BCUT2D eigenvalue weighted by Gasteiger charge is -2.07. The third kappa shape index (κ3) is 4.43. The van der Waals surface area contributed by atoms with Gasteiger partial charge < -0.3 is 10.1 Å². The zero-order valence-corrected chi connectivity index (χ0v) is 16.6. The Morgan fingerprint density at radius 2 is 2.00 bits per heavy atom. The van der Waals surface area contributed by atoms with Crippen LogP contribution >= 0.6 is 11.3 Å². The van der Waals surface area contributed by atoms with Crippen molar-refractivity contribution in [2.45, 2.75) is 13.3 Å². The van der Waals surface area contributed by atoms with Gasteiger partial charge in [-0.25, -0.2) is 8.91 Å². The minimum atomic E-state index is -0.345. The third-order valence-corrected chi connectivity index (χ3v) is 5.29. The maximum atomic E-state index is 12.9. The summed E-state index contributed by atoms with van der Waals surface area (Å²) in [6.07, 6.45) is 0.624. The summed E-state index contributed by atoms with van der Waals surface area (Å²) in [5, 5.41) is 9.45. The Morgan fingerprint density at radius 1 is 1.21 bits per heavy atom. The fraction of sp³-hybridized carbons (Fsp3) is 0.190. The number of nitrogens with one attached hydrogen (secondary N) is 1. The number of nitrogens with zero attached hydrogens (tertiary/aromatic N) is 3. The second-order valence-corrected chi connectivity index (χ2v) is 7.35. The first-order chi connectivity index (χ1) is 14.1. The molecule has 148 valence electrons. The van der Waals surface area contributed by atoms with Gasteiger partial charge >= 0.3 is 0 Å². The fourth-order valence-electron chi connectivity index (χ4n) is 2.90. The van der Waals surface area contributed by atoms with Crippen LogP contribution in [0.5, 0.6) is 5.75 Å². The Bertz CT molecular complexity index is 1140. The summed E-state index contributed by atoms with van der Waals surface area (Å²) in [4.78, 5) is 17.4. The lowest BCUT2D eigenvalue weighted by Crippen LogP contribution is -2.30. The van der Waals surface area contributed by atoms with Crippen LogP contribution in [0.3, 0.4) is 0 Å². The van der Waals surface area contributed by atoms with Crippen molar-refractivity contribution in [3.8, 4) is 17.1 Å². The highest BCUT2D eigenvalue weighted by molar-refractivity contribution is 7.15. The summed E-state index contributed by atoms with van der Waals surface area (Å²) in [5.41, 5.74) is 3.12. The van der Waals surface area contributed by atoms with Crippen LogP contribution in [-0.4, -0.2) is 33.7 Å². The highest BCUT2D eigenvalue weighted by Crippen LogP contribution is 2.23. The SMILES string of the molecule is Cc1ccccc1-c1nc2scc(CCNC(=O)COc3ccc(F)cc3)n2n1. The second-order valence-electron chi connectivity index (χ2n) is 6.51. The van der Waals surface area contributed by atoms with Crippen LogP contribution in [-0.2, 0) is 11.2 Å². The molecule has 2 heterocycles. The van der Waals surface area contributed by atoms with Gasteiger partial charge in [0.05, 0.1) is 5.69 Å². The highest BCUT2D eigenvalue weighted by atomic mass is 32.1. The van der Waals surface area contributed by atoms with Gasteiger partial charge in [-0.3, -0.25) is 4.79 Å². The van der Waals surface area contributed by atoms with E-state index >= 15 is 0 Å². The first-order valence-corrected chi connectivity index (χ1v) is 10.0. The van der Waals surface area contributed by atoms with Crippen LogP contribution in [0.25, 0.3) is 16.3 Å². The predicted molar refractivity (Wildman–Crippen MR) is 110 cm³/mol. The van der Waals surface area contributed by atoms with Crippen LogP contribution in [0.2, 0.25) is 0 Å². The van der Waals surface area contributed by atoms with Crippen molar-refractivity contribution in [1.82, 2.24) is 19.9 Å². The van der Waals surface area contributed by atoms with Gasteiger partial charge in [-0.2, -0.15) is 4.98 Å². The van der Waals surface area contributed by atoms with Gasteiger partial charge in [-0.05, 0) is 36.8 Å². The molecule has 0 saturated heterocycles. The number of thiazole rings is 1. The van der Waals surface area contributed by atoms with E-state index in [1.165, 1.54) is 35.6 Å². The first-order valence-electron chi connectivity index (χ1n) is 9.14. The molecular weight excluding hydrogens is 391 g/mol. The molecular formula is C21H19FN4O2S. The highest BCUT2D eigenvalue weighted by Gasteiger charge is 2.13. The molecule has 0 atom stereocenters. The van der Waals surface area contributed by atoms with Crippen molar-refractivity contribution >= 4 is 22.2 Å². The van der Waals surface area contributed by atoms with Crippen LogP contribution in [0, 0.1) is 12.7 Å². The van der Waals surface area contributed by atoms with E-state index in [4.69, 9.17) is 4.74 Å². The second kappa shape index (κ2) is 8.40. The van der Waals surface area contributed by atoms with Gasteiger partial charge in [0, 0.05) is 23.9 Å². The standard InChI is InChI=1S/C21H19FN4O2S/c1-14-4-2-3-5-18(14)20-24-21-26(25-20)16(13-29-21)10-11-23-19(27)12-28-17-8-6-15(22)7-9-17/h2-9,13H,10-12H2,1H3,(H,23,27). The summed E-state index contributed by atoms with van der Waals surface area (Å²) in [5.74, 6) is 0.572. The summed E-state index contributed by atoms with van der Waals surface area (Å²) in [6.45, 7) is 2.37. The molecule has 4 rings (SSSR count). The Morgan fingerprint density at radius 3 is 2.79 bits per heavy atom. The molecule has 29 heavy (non-hydrogen) atoms. The number of amides is 1. The van der Waals surface area contributed by atoms with Crippen LogP contribution in [0.1, 0.15) is 11.3 Å². The molecule has 0 aliphatic heterocycles. The van der Waals surface area contributed by atoms with Crippen molar-refractivity contribution in [3.05, 3.63) is 71.0 Å². The van der Waals surface area contributed by atoms with E-state index in [9.17, 15) is 9.18 Å². The Hall–Kier alpha value is -3.26. The number of carbonyl (C=O) groups is 1. The number of hydrogen-bond acceptors (Lipinski definition) is 5. The number of ether oxygens (including phenoxy) is 1. The van der Waals surface area contributed by atoms with Crippen molar-refractivity contribution in [1.29, 1.82) is 0 Å². The molecule has 0 unspecified atom stereocenters. The smallest absolute Gasteiger partial charge is 0.257 e. The lowest BCUT2D eigenvalue weighted by molar-refractivity contribution is -0.123. The number of carbonyl (C=O) groups excluding carboxylic acids is 1. The van der Waals surface area contributed by atoms with Gasteiger partial charge in [0.1, 0.15) is 11.6 Å². The molecule has 8 heteroatoms. The molecule has 0 saturated carbocycles. The quantitative estimate of drug-likeness (QED) is 0.505. The molecule has 1 N–H and O–H groups in total. The van der Waals surface area contributed by atoms with Gasteiger partial charge in [0.25, 0.3) is 5.91 Å². The number of halogens is 1. The summed E-state index contributed by atoms with van der Waals surface area (Å²) < 4.78 is 20.0. The molecule has 0 fully saturated rings. The van der Waals surface area contributed by atoms with E-state index in [-0.39, 0.29) is 18.3 Å². The molecule has 0 radical (unpaired) electrons. The zero-order chi connectivity index (χ0) is 20.2. The minimum absolute atomic E-state index is 0.120. The largest absolute Gasteiger partial charge is 0.484 e. The third-order valence-electron chi connectivity index (χ3n) is 4.42. The van der Waals surface area contributed by atoms with E-state index < -0.39 is 0 Å². The molecule has 2 aromatic carbocycles. The maximum absolute atomic E-state index is 12.9. The monoisotopic (exact) mass is 410 g/mol. The van der Waals surface area contributed by atoms with Gasteiger partial charge in [0.15, 0.2) is 12.4 Å². The molecule has 4 aromatic rings. The van der Waals surface area contributed by atoms with Gasteiger partial charge in [-0.1, -0.05) is 24.3 Å². The molecule has 0 bridgehead atoms.